The Morgan fingerprint density at radius 2 is 1.86 bits per heavy atom. The number of hydrogen-bond donors (Lipinski definition) is 3. The van der Waals surface area contributed by atoms with Crippen molar-refractivity contribution in [3.05, 3.63) is 83.3 Å². The average Bonchev–Trinajstić information content (AvgIpc) is 3.28. The summed E-state index contributed by atoms with van der Waals surface area (Å²) in [7, 11) is 3.09. The number of aromatic amines is 1. The molecule has 1 unspecified atom stereocenters. The maximum Gasteiger partial charge on any atom is 0.191 e. The molecule has 1 atom stereocenters. The molecule has 0 aliphatic heterocycles. The molecule has 0 amide bonds. The van der Waals surface area contributed by atoms with Gasteiger partial charge in [-0.1, -0.05) is 12.1 Å². The highest BCUT2D eigenvalue weighted by molar-refractivity contribution is 6.11. The number of aryl methyl sites for hydroxylation is 1. The SMILES string of the molecule is COc1cc(NC(C(=O)c2c[nH]c3cc(F)ccc23)c2ccc(C)cc2OC)cc(OCCO)c1. The maximum atomic E-state index is 13.9. The first kappa shape index (κ1) is 24.1. The van der Waals surface area contributed by atoms with Gasteiger partial charge in [0.05, 0.1) is 20.8 Å². The number of hydrogen-bond acceptors (Lipinski definition) is 6. The highest BCUT2D eigenvalue weighted by Gasteiger charge is 2.28. The van der Waals surface area contributed by atoms with Crippen LogP contribution in [0.3, 0.4) is 0 Å². The number of H-pyrrole nitrogens is 1. The minimum absolute atomic E-state index is 0.118. The number of methoxy groups -OCH3 is 2. The van der Waals surface area contributed by atoms with Crippen LogP contribution in [0, 0.1) is 12.7 Å². The summed E-state index contributed by atoms with van der Waals surface area (Å²) in [4.78, 5) is 16.9. The van der Waals surface area contributed by atoms with Crippen molar-refractivity contribution in [1.29, 1.82) is 0 Å². The number of anilines is 1. The Hall–Kier alpha value is -4.04. The summed E-state index contributed by atoms with van der Waals surface area (Å²) in [6, 6.07) is 14.2. The summed E-state index contributed by atoms with van der Waals surface area (Å²) in [5.74, 6) is 0.935. The molecule has 4 rings (SSSR count). The van der Waals surface area contributed by atoms with Gasteiger partial charge in [0.25, 0.3) is 0 Å². The molecule has 0 radical (unpaired) electrons. The number of halogens is 1. The van der Waals surface area contributed by atoms with Crippen LogP contribution >= 0.6 is 0 Å². The molecule has 1 heterocycles. The third-order valence-electron chi connectivity index (χ3n) is 5.66. The second-order valence-electron chi connectivity index (χ2n) is 8.05. The summed E-state index contributed by atoms with van der Waals surface area (Å²) in [5.41, 5.74) is 3.15. The topological polar surface area (TPSA) is 92.8 Å². The lowest BCUT2D eigenvalue weighted by molar-refractivity contribution is 0.0970. The molecule has 0 aliphatic rings. The largest absolute Gasteiger partial charge is 0.497 e. The number of Topliss-reactive ketones (excluding diaryl/α,β-unsaturated/α-hetero) is 1. The number of carbonyl (C=O) groups excluding carboxylic acids is 1. The Bertz CT molecular complexity index is 1350. The number of ketones is 1. The number of aromatic nitrogens is 1. The van der Waals surface area contributed by atoms with Crippen molar-refractivity contribution in [3.8, 4) is 17.2 Å². The second kappa shape index (κ2) is 10.5. The fraction of sp³-hybridized carbons (Fsp3) is 0.222. The number of rotatable bonds is 10. The van der Waals surface area contributed by atoms with Crippen molar-refractivity contribution < 1.29 is 28.5 Å². The summed E-state index contributed by atoms with van der Waals surface area (Å²) >= 11 is 0. The highest BCUT2D eigenvalue weighted by Crippen LogP contribution is 2.35. The summed E-state index contributed by atoms with van der Waals surface area (Å²) in [6.45, 7) is 1.92. The Labute approximate surface area is 202 Å². The second-order valence-corrected chi connectivity index (χ2v) is 8.05. The lowest BCUT2D eigenvalue weighted by Crippen LogP contribution is -2.22. The molecule has 0 spiro atoms. The van der Waals surface area contributed by atoms with Crippen LogP contribution in [-0.2, 0) is 0 Å². The summed E-state index contributed by atoms with van der Waals surface area (Å²) < 4.78 is 30.3. The van der Waals surface area contributed by atoms with E-state index < -0.39 is 6.04 Å². The first-order valence-corrected chi connectivity index (χ1v) is 11.1. The van der Waals surface area contributed by atoms with Gasteiger partial charge in [-0.15, -0.1) is 0 Å². The predicted molar refractivity (Wildman–Crippen MR) is 132 cm³/mol. The van der Waals surface area contributed by atoms with Crippen molar-refractivity contribution in [2.24, 2.45) is 0 Å². The minimum atomic E-state index is -0.840. The first-order valence-electron chi connectivity index (χ1n) is 11.1. The number of aliphatic hydroxyl groups excluding tert-OH is 1. The normalized spacial score (nSPS) is 11.8. The van der Waals surface area contributed by atoms with Crippen LogP contribution in [0.15, 0.2) is 60.8 Å². The van der Waals surface area contributed by atoms with E-state index in [0.29, 0.717) is 45.0 Å². The monoisotopic (exact) mass is 478 g/mol. The molecule has 3 N–H and O–H groups in total. The number of ether oxygens (including phenoxy) is 3. The smallest absolute Gasteiger partial charge is 0.191 e. The van der Waals surface area contributed by atoms with E-state index in [-0.39, 0.29) is 24.8 Å². The van der Waals surface area contributed by atoms with Gasteiger partial charge in [-0.25, -0.2) is 4.39 Å². The zero-order valence-corrected chi connectivity index (χ0v) is 19.7. The van der Waals surface area contributed by atoms with Crippen molar-refractivity contribution >= 4 is 22.4 Å². The van der Waals surface area contributed by atoms with Crippen LogP contribution in [0.4, 0.5) is 10.1 Å². The molecular formula is C27H27FN2O5. The predicted octanol–water partition coefficient (Wildman–Crippen LogP) is 5.04. The zero-order valence-electron chi connectivity index (χ0n) is 19.7. The molecule has 7 nitrogen and oxygen atoms in total. The zero-order chi connectivity index (χ0) is 24.9. The van der Waals surface area contributed by atoms with Crippen LogP contribution in [0.1, 0.15) is 27.5 Å². The molecule has 1 aromatic heterocycles. The highest BCUT2D eigenvalue weighted by atomic mass is 19.1. The van der Waals surface area contributed by atoms with Gasteiger partial charge in [-0.05, 0) is 36.8 Å². The number of benzene rings is 3. The molecule has 0 saturated carbocycles. The molecular weight excluding hydrogens is 451 g/mol. The van der Waals surface area contributed by atoms with Crippen molar-refractivity contribution in [2.75, 3.05) is 32.8 Å². The number of fused-ring (bicyclic) bond motifs is 1. The number of nitrogens with one attached hydrogen (secondary N) is 2. The Kier molecular flexibility index (Phi) is 7.22. The first-order chi connectivity index (χ1) is 16.9. The van der Waals surface area contributed by atoms with E-state index >= 15 is 0 Å². The molecule has 8 heteroatoms. The van der Waals surface area contributed by atoms with Gasteiger partial charge in [0.1, 0.15) is 35.7 Å². The maximum absolute atomic E-state index is 13.9. The van der Waals surface area contributed by atoms with Crippen molar-refractivity contribution in [2.45, 2.75) is 13.0 Å². The van der Waals surface area contributed by atoms with E-state index in [1.54, 1.807) is 37.6 Å². The van der Waals surface area contributed by atoms with Gasteiger partial charge in [-0.2, -0.15) is 0 Å². The average molecular weight is 479 g/mol. The van der Waals surface area contributed by atoms with E-state index in [1.165, 1.54) is 19.2 Å². The molecule has 35 heavy (non-hydrogen) atoms. The van der Waals surface area contributed by atoms with Crippen LogP contribution in [-0.4, -0.2) is 43.3 Å². The molecule has 0 saturated heterocycles. The van der Waals surface area contributed by atoms with Crippen LogP contribution in [0.25, 0.3) is 10.9 Å². The minimum Gasteiger partial charge on any atom is -0.497 e. The standard InChI is InChI=1S/C27H27FN2O5/c1-16-4-6-22(25(10-16)34-3)26(27(32)23-15-29-24-11-17(28)5-7-21(23)24)30-18-12-19(33-2)14-20(13-18)35-9-8-31/h4-7,10-15,26,29-31H,8-9H2,1-3H3. The summed E-state index contributed by atoms with van der Waals surface area (Å²) in [5, 5.41) is 13.0. The molecule has 0 bridgehead atoms. The van der Waals surface area contributed by atoms with Gasteiger partial charge in [0.2, 0.25) is 0 Å². The van der Waals surface area contributed by atoms with E-state index in [2.05, 4.69) is 10.3 Å². The van der Waals surface area contributed by atoms with Crippen LogP contribution in [0.2, 0.25) is 0 Å². The molecule has 0 aliphatic carbocycles. The fourth-order valence-electron chi connectivity index (χ4n) is 3.99. The van der Waals surface area contributed by atoms with E-state index in [4.69, 9.17) is 19.3 Å². The summed E-state index contributed by atoms with van der Waals surface area (Å²) in [6.07, 6.45) is 1.59. The number of aliphatic hydroxyl groups is 1. The van der Waals surface area contributed by atoms with Gasteiger partial charge < -0.3 is 29.6 Å². The van der Waals surface area contributed by atoms with E-state index in [9.17, 15) is 9.18 Å². The van der Waals surface area contributed by atoms with Crippen LogP contribution in [0.5, 0.6) is 17.2 Å². The molecule has 3 aromatic carbocycles. The Morgan fingerprint density at radius 1 is 1.06 bits per heavy atom. The lowest BCUT2D eigenvalue weighted by Gasteiger charge is -2.22. The Balaban J connectivity index is 1.80. The quantitative estimate of drug-likeness (QED) is 0.277. The van der Waals surface area contributed by atoms with Gasteiger partial charge in [0, 0.05) is 52.1 Å². The fourth-order valence-corrected chi connectivity index (χ4v) is 3.99. The molecule has 182 valence electrons. The molecule has 4 aromatic rings. The molecule has 0 fully saturated rings. The lowest BCUT2D eigenvalue weighted by atomic mass is 9.95. The van der Waals surface area contributed by atoms with Gasteiger partial charge in [0.15, 0.2) is 5.78 Å². The van der Waals surface area contributed by atoms with E-state index in [0.717, 1.165) is 5.56 Å². The van der Waals surface area contributed by atoms with Crippen LogP contribution < -0.4 is 19.5 Å². The van der Waals surface area contributed by atoms with Crippen molar-refractivity contribution in [3.63, 3.8) is 0 Å². The Morgan fingerprint density at radius 3 is 2.60 bits per heavy atom. The van der Waals surface area contributed by atoms with E-state index in [1.807, 2.05) is 25.1 Å². The van der Waals surface area contributed by atoms with Gasteiger partial charge in [-0.3, -0.25) is 4.79 Å². The third-order valence-corrected chi connectivity index (χ3v) is 5.66. The van der Waals surface area contributed by atoms with Gasteiger partial charge >= 0.3 is 0 Å². The number of carbonyl (C=O) groups is 1. The third kappa shape index (κ3) is 5.22. The van der Waals surface area contributed by atoms with Crippen molar-refractivity contribution in [1.82, 2.24) is 4.98 Å².